The first-order valence-electron chi connectivity index (χ1n) is 11.1. The van der Waals surface area contributed by atoms with Crippen molar-refractivity contribution in [2.45, 2.75) is 18.8 Å². The molecule has 0 unspecified atom stereocenters. The van der Waals surface area contributed by atoms with Gasteiger partial charge < -0.3 is 15.6 Å². The van der Waals surface area contributed by atoms with E-state index in [0.29, 0.717) is 22.3 Å². The van der Waals surface area contributed by atoms with Crippen LogP contribution in [0.25, 0.3) is 22.0 Å². The Bertz CT molecular complexity index is 1290. The number of aromatic nitrogens is 2. The Morgan fingerprint density at radius 1 is 1.09 bits per heavy atom. The molecule has 4 aromatic rings. The number of amides is 2. The van der Waals surface area contributed by atoms with Gasteiger partial charge in [0.05, 0.1) is 16.4 Å². The molecule has 1 fully saturated rings. The van der Waals surface area contributed by atoms with Crippen LogP contribution in [-0.4, -0.2) is 41.0 Å². The molecule has 3 N–H and O–H groups in total. The Labute approximate surface area is 198 Å². The van der Waals surface area contributed by atoms with Crippen molar-refractivity contribution in [1.82, 2.24) is 14.9 Å². The second-order valence-corrected chi connectivity index (χ2v) is 9.03. The van der Waals surface area contributed by atoms with Crippen LogP contribution in [0, 0.1) is 0 Å². The normalized spacial score (nSPS) is 15.1. The summed E-state index contributed by atoms with van der Waals surface area (Å²) in [6.07, 6.45) is 7.82. The molecule has 0 bridgehead atoms. The molecule has 2 aromatic heterocycles. The molecule has 3 heterocycles. The van der Waals surface area contributed by atoms with E-state index in [2.05, 4.69) is 28.1 Å². The molecule has 0 radical (unpaired) electrons. The molecule has 0 aliphatic carbocycles. The number of nitrogens with one attached hydrogen (secondary N) is 1. The highest BCUT2D eigenvalue weighted by atomic mass is 35.5. The fourth-order valence-corrected chi connectivity index (χ4v) is 4.99. The maximum Gasteiger partial charge on any atom is 0.323 e. The largest absolute Gasteiger partial charge is 0.361 e. The van der Waals surface area contributed by atoms with Crippen molar-refractivity contribution >= 4 is 39.9 Å². The van der Waals surface area contributed by atoms with E-state index in [4.69, 9.17) is 17.3 Å². The summed E-state index contributed by atoms with van der Waals surface area (Å²) in [5, 5.41) is 1.57. The number of urea groups is 1. The fraction of sp³-hybridized carbons (Fsp3) is 0.231. The van der Waals surface area contributed by atoms with Crippen molar-refractivity contribution in [3.8, 4) is 11.1 Å². The smallest absolute Gasteiger partial charge is 0.323 e. The molecule has 1 saturated heterocycles. The van der Waals surface area contributed by atoms with Gasteiger partial charge in [-0.1, -0.05) is 17.7 Å². The maximum absolute atomic E-state index is 12.6. The summed E-state index contributed by atoms with van der Waals surface area (Å²) < 4.78 is 0. The second kappa shape index (κ2) is 8.89. The zero-order chi connectivity index (χ0) is 22.9. The standard InChI is InChI=1S/C26H26ClN5O/c1-31-12-8-18(9-13-31)22-16-30-24-4-3-20(15-21(22)24)32(26(28)33)25-5-2-19(14-23(25)27)17-6-10-29-11-7-17/h2-7,10-11,14-16,18,30H,8-9,12-13H2,1H3,(H2,28,33). The number of H-pyrrole nitrogens is 1. The van der Waals surface area contributed by atoms with Gasteiger partial charge in [-0.2, -0.15) is 0 Å². The third-order valence-electron chi connectivity index (χ3n) is 6.54. The molecule has 5 rings (SSSR count). The molecule has 1 aliphatic heterocycles. The molecule has 2 amide bonds. The monoisotopic (exact) mass is 459 g/mol. The number of halogens is 1. The Morgan fingerprint density at radius 2 is 1.85 bits per heavy atom. The van der Waals surface area contributed by atoms with Crippen LogP contribution < -0.4 is 10.6 Å². The number of carbonyl (C=O) groups is 1. The lowest BCUT2D eigenvalue weighted by molar-refractivity contribution is 0.256. The van der Waals surface area contributed by atoms with Crippen molar-refractivity contribution in [3.05, 3.63) is 77.7 Å². The Morgan fingerprint density at radius 3 is 2.55 bits per heavy atom. The van der Waals surface area contributed by atoms with Gasteiger partial charge in [0.25, 0.3) is 0 Å². The molecule has 168 valence electrons. The third kappa shape index (κ3) is 4.19. The van der Waals surface area contributed by atoms with E-state index < -0.39 is 6.03 Å². The van der Waals surface area contributed by atoms with Crippen LogP contribution in [0.2, 0.25) is 5.02 Å². The van der Waals surface area contributed by atoms with E-state index in [9.17, 15) is 4.79 Å². The minimum atomic E-state index is -0.579. The van der Waals surface area contributed by atoms with Crippen LogP contribution in [0.4, 0.5) is 16.2 Å². The lowest BCUT2D eigenvalue weighted by Crippen LogP contribution is -2.31. The van der Waals surface area contributed by atoms with Gasteiger partial charge in [-0.3, -0.25) is 9.88 Å². The van der Waals surface area contributed by atoms with Crippen LogP contribution in [0.3, 0.4) is 0 Å². The van der Waals surface area contributed by atoms with E-state index in [1.165, 1.54) is 10.5 Å². The Kier molecular flexibility index (Phi) is 5.79. The van der Waals surface area contributed by atoms with Crippen molar-refractivity contribution in [1.29, 1.82) is 0 Å². The molecule has 0 spiro atoms. The predicted octanol–water partition coefficient (Wildman–Crippen LogP) is 5.91. The van der Waals surface area contributed by atoms with Gasteiger partial charge in [0, 0.05) is 29.5 Å². The summed E-state index contributed by atoms with van der Waals surface area (Å²) in [6.45, 7) is 2.17. The van der Waals surface area contributed by atoms with Crippen molar-refractivity contribution in [2.24, 2.45) is 5.73 Å². The fourth-order valence-electron chi connectivity index (χ4n) is 4.72. The van der Waals surface area contributed by atoms with E-state index in [-0.39, 0.29) is 0 Å². The van der Waals surface area contributed by atoms with Crippen molar-refractivity contribution < 1.29 is 4.79 Å². The van der Waals surface area contributed by atoms with Crippen LogP contribution in [-0.2, 0) is 0 Å². The average molecular weight is 460 g/mol. The first-order valence-corrected chi connectivity index (χ1v) is 11.5. The van der Waals surface area contributed by atoms with Gasteiger partial charge in [0.2, 0.25) is 0 Å². The van der Waals surface area contributed by atoms with Crippen molar-refractivity contribution in [2.75, 3.05) is 25.0 Å². The number of anilines is 2. The molecule has 33 heavy (non-hydrogen) atoms. The van der Waals surface area contributed by atoms with Crippen LogP contribution in [0.1, 0.15) is 24.3 Å². The van der Waals surface area contributed by atoms with Crippen molar-refractivity contribution in [3.63, 3.8) is 0 Å². The number of piperidine rings is 1. The number of aromatic amines is 1. The van der Waals surface area contributed by atoms with Crippen LogP contribution >= 0.6 is 11.6 Å². The zero-order valence-corrected chi connectivity index (χ0v) is 19.2. The van der Waals surface area contributed by atoms with E-state index in [0.717, 1.165) is 48.0 Å². The minimum absolute atomic E-state index is 0.452. The van der Waals surface area contributed by atoms with Gasteiger partial charge in [-0.05, 0) is 98.1 Å². The van der Waals surface area contributed by atoms with Gasteiger partial charge in [-0.25, -0.2) is 4.79 Å². The number of likely N-dealkylation sites (tertiary alicyclic amines) is 1. The summed E-state index contributed by atoms with van der Waals surface area (Å²) in [5.74, 6) is 0.496. The quantitative estimate of drug-likeness (QED) is 0.398. The maximum atomic E-state index is 12.6. The number of hydrogen-bond acceptors (Lipinski definition) is 3. The number of rotatable bonds is 4. The van der Waals surface area contributed by atoms with Crippen LogP contribution in [0.15, 0.2) is 67.1 Å². The number of benzene rings is 2. The molecule has 2 aromatic carbocycles. The summed E-state index contributed by atoms with van der Waals surface area (Å²) >= 11 is 6.66. The highest BCUT2D eigenvalue weighted by Crippen LogP contribution is 2.38. The third-order valence-corrected chi connectivity index (χ3v) is 6.84. The molecule has 7 heteroatoms. The first-order chi connectivity index (χ1) is 16.0. The van der Waals surface area contributed by atoms with Gasteiger partial charge in [0.15, 0.2) is 0 Å². The van der Waals surface area contributed by atoms with E-state index in [1.54, 1.807) is 12.4 Å². The summed E-state index contributed by atoms with van der Waals surface area (Å²) in [6, 6.07) is 14.8. The molecule has 1 aliphatic rings. The number of primary amides is 1. The SMILES string of the molecule is CN1CCC(c2c[nH]c3ccc(N(C(N)=O)c4ccc(-c5ccncc5)cc4Cl)cc23)CC1. The van der Waals surface area contributed by atoms with E-state index >= 15 is 0 Å². The number of hydrogen-bond donors (Lipinski definition) is 2. The predicted molar refractivity (Wildman–Crippen MR) is 134 cm³/mol. The molecule has 6 nitrogen and oxygen atoms in total. The average Bonchev–Trinajstić information content (AvgIpc) is 3.24. The highest BCUT2D eigenvalue weighted by molar-refractivity contribution is 6.34. The number of carbonyl (C=O) groups excluding carboxylic acids is 1. The first kappa shape index (κ1) is 21.5. The molecule has 0 saturated carbocycles. The number of fused-ring (bicyclic) bond motifs is 1. The summed E-state index contributed by atoms with van der Waals surface area (Å²) in [4.78, 5) is 23.9. The minimum Gasteiger partial charge on any atom is -0.361 e. The molecule has 0 atom stereocenters. The lowest BCUT2D eigenvalue weighted by atomic mass is 9.89. The Balaban J connectivity index is 1.53. The van der Waals surface area contributed by atoms with Crippen LogP contribution in [0.5, 0.6) is 0 Å². The second-order valence-electron chi connectivity index (χ2n) is 8.63. The summed E-state index contributed by atoms with van der Waals surface area (Å²) in [7, 11) is 2.16. The number of pyridine rings is 1. The number of nitrogens with zero attached hydrogens (tertiary/aromatic N) is 3. The molecular weight excluding hydrogens is 434 g/mol. The van der Waals surface area contributed by atoms with Gasteiger partial charge in [-0.15, -0.1) is 0 Å². The molecular formula is C26H26ClN5O. The number of nitrogens with two attached hydrogens (primary N) is 1. The lowest BCUT2D eigenvalue weighted by Gasteiger charge is -2.29. The van der Waals surface area contributed by atoms with Gasteiger partial charge >= 0.3 is 6.03 Å². The topological polar surface area (TPSA) is 78.3 Å². The summed E-state index contributed by atoms with van der Waals surface area (Å²) in [5.41, 5.74) is 11.4. The zero-order valence-electron chi connectivity index (χ0n) is 18.5. The van der Waals surface area contributed by atoms with Gasteiger partial charge in [0.1, 0.15) is 0 Å². The Hall–Kier alpha value is -3.35. The van der Waals surface area contributed by atoms with E-state index in [1.807, 2.05) is 48.5 Å². The highest BCUT2D eigenvalue weighted by Gasteiger charge is 2.23.